The molecule has 2 N–H and O–H groups in total. The number of rotatable bonds is 9. The Hall–Kier alpha value is -1.97. The normalized spacial score (nSPS) is 11.0. The van der Waals surface area contributed by atoms with Crippen LogP contribution >= 0.6 is 24.0 Å². The molecule has 0 saturated heterocycles. The predicted molar refractivity (Wildman–Crippen MR) is 122 cm³/mol. The highest BCUT2D eigenvalue weighted by molar-refractivity contribution is 14.0. The Morgan fingerprint density at radius 2 is 1.86 bits per heavy atom. The van der Waals surface area contributed by atoms with Gasteiger partial charge in [-0.3, -0.25) is 4.99 Å². The van der Waals surface area contributed by atoms with Gasteiger partial charge in [-0.1, -0.05) is 25.1 Å². The van der Waals surface area contributed by atoms with Gasteiger partial charge in [0.2, 0.25) is 0 Å². The monoisotopic (exact) mass is 502 g/mol. The lowest BCUT2D eigenvalue weighted by Crippen LogP contribution is -2.36. The molecule has 0 saturated carbocycles. The lowest BCUT2D eigenvalue weighted by Gasteiger charge is -2.14. The van der Waals surface area contributed by atoms with Gasteiger partial charge in [-0.2, -0.15) is 0 Å². The number of methoxy groups -OCH3 is 1. The molecule has 0 amide bonds. The largest absolute Gasteiger partial charge is 0.493 e. The topological polar surface area (TPSA) is 80.9 Å². The molecule has 1 aromatic heterocycles. The highest BCUT2D eigenvalue weighted by Gasteiger charge is 2.13. The van der Waals surface area contributed by atoms with Crippen LogP contribution in [0.2, 0.25) is 0 Å². The number of guanidine groups is 1. The Kier molecular flexibility index (Phi) is 10.7. The summed E-state index contributed by atoms with van der Waals surface area (Å²) >= 11 is 0. The minimum atomic E-state index is 0. The summed E-state index contributed by atoms with van der Waals surface area (Å²) in [4.78, 5) is 4.29. The molecular formula is C20H31IN4O3. The van der Waals surface area contributed by atoms with Crippen LogP contribution in [0.25, 0.3) is 0 Å². The van der Waals surface area contributed by atoms with Crippen LogP contribution < -0.4 is 20.1 Å². The number of benzene rings is 1. The summed E-state index contributed by atoms with van der Waals surface area (Å²) in [5.74, 6) is 3.11. The molecule has 1 heterocycles. The van der Waals surface area contributed by atoms with E-state index in [-0.39, 0.29) is 24.0 Å². The fourth-order valence-electron chi connectivity index (χ4n) is 2.81. The zero-order valence-electron chi connectivity index (χ0n) is 17.3. The molecule has 0 aliphatic carbocycles. The van der Waals surface area contributed by atoms with Crippen molar-refractivity contribution in [1.82, 2.24) is 15.8 Å². The average Bonchev–Trinajstić information content (AvgIpc) is 3.11. The van der Waals surface area contributed by atoms with E-state index in [0.29, 0.717) is 25.7 Å². The Morgan fingerprint density at radius 1 is 1.11 bits per heavy atom. The smallest absolute Gasteiger partial charge is 0.191 e. The van der Waals surface area contributed by atoms with Crippen LogP contribution in [-0.4, -0.2) is 31.9 Å². The van der Waals surface area contributed by atoms with Gasteiger partial charge in [0.15, 0.2) is 17.5 Å². The van der Waals surface area contributed by atoms with Crippen molar-refractivity contribution in [3.05, 3.63) is 40.8 Å². The minimum Gasteiger partial charge on any atom is -0.493 e. The second kappa shape index (κ2) is 12.5. The quantitative estimate of drug-likeness (QED) is 0.309. The summed E-state index contributed by atoms with van der Waals surface area (Å²) in [6.07, 6.45) is 1.67. The van der Waals surface area contributed by atoms with Gasteiger partial charge in [-0.05, 0) is 31.0 Å². The van der Waals surface area contributed by atoms with E-state index in [0.717, 1.165) is 46.9 Å². The van der Waals surface area contributed by atoms with Crippen LogP contribution in [0.15, 0.2) is 27.7 Å². The van der Waals surface area contributed by atoms with E-state index in [4.69, 9.17) is 14.0 Å². The number of hydrogen-bond donors (Lipinski definition) is 2. The molecule has 7 nitrogen and oxygen atoms in total. The first kappa shape index (κ1) is 24.1. The molecule has 1 aromatic carbocycles. The van der Waals surface area contributed by atoms with Crippen molar-refractivity contribution in [2.24, 2.45) is 4.99 Å². The summed E-state index contributed by atoms with van der Waals surface area (Å²) in [6, 6.07) is 5.90. The van der Waals surface area contributed by atoms with Crippen molar-refractivity contribution in [1.29, 1.82) is 0 Å². The zero-order valence-corrected chi connectivity index (χ0v) is 19.6. The maximum atomic E-state index is 5.56. The van der Waals surface area contributed by atoms with Gasteiger partial charge in [-0.15, -0.1) is 24.0 Å². The molecule has 0 spiro atoms. The first-order chi connectivity index (χ1) is 13.2. The Bertz CT molecular complexity index is 740. The van der Waals surface area contributed by atoms with E-state index in [9.17, 15) is 0 Å². The number of ether oxygens (including phenoxy) is 2. The second-order valence-electron chi connectivity index (χ2n) is 5.94. The Balaban J connectivity index is 0.00000392. The number of hydrogen-bond acceptors (Lipinski definition) is 5. The van der Waals surface area contributed by atoms with E-state index in [1.165, 1.54) is 0 Å². The van der Waals surface area contributed by atoms with Gasteiger partial charge >= 0.3 is 0 Å². The third kappa shape index (κ3) is 6.29. The van der Waals surface area contributed by atoms with Gasteiger partial charge in [0.25, 0.3) is 0 Å². The third-order valence-electron chi connectivity index (χ3n) is 4.25. The van der Waals surface area contributed by atoms with Crippen molar-refractivity contribution in [2.75, 3.05) is 20.8 Å². The van der Waals surface area contributed by atoms with Crippen molar-refractivity contribution in [2.45, 2.75) is 46.7 Å². The minimum absolute atomic E-state index is 0. The number of aryl methyl sites for hydroxylation is 2. The van der Waals surface area contributed by atoms with Crippen LogP contribution in [-0.2, 0) is 25.9 Å². The summed E-state index contributed by atoms with van der Waals surface area (Å²) in [6.45, 7) is 7.94. The molecular weight excluding hydrogens is 471 g/mol. The van der Waals surface area contributed by atoms with Crippen LogP contribution in [0.4, 0.5) is 0 Å². The number of aromatic nitrogens is 1. The molecule has 0 radical (unpaired) electrons. The summed E-state index contributed by atoms with van der Waals surface area (Å²) in [7, 11) is 3.40. The van der Waals surface area contributed by atoms with Crippen LogP contribution in [0.5, 0.6) is 11.5 Å². The van der Waals surface area contributed by atoms with Crippen molar-refractivity contribution in [3.8, 4) is 11.5 Å². The maximum absolute atomic E-state index is 5.56. The maximum Gasteiger partial charge on any atom is 0.191 e. The zero-order chi connectivity index (χ0) is 19.6. The fraction of sp³-hybridized carbons (Fsp3) is 0.500. The van der Waals surface area contributed by atoms with Gasteiger partial charge in [0.05, 0.1) is 19.4 Å². The highest BCUT2D eigenvalue weighted by Crippen LogP contribution is 2.27. The molecule has 156 valence electrons. The van der Waals surface area contributed by atoms with Gasteiger partial charge in [0.1, 0.15) is 5.76 Å². The van der Waals surface area contributed by atoms with E-state index in [2.05, 4.69) is 34.6 Å². The molecule has 0 atom stereocenters. The third-order valence-corrected chi connectivity index (χ3v) is 4.25. The molecule has 0 aliphatic rings. The van der Waals surface area contributed by atoms with Crippen LogP contribution in [0, 0.1) is 0 Å². The predicted octanol–water partition coefficient (Wildman–Crippen LogP) is 3.69. The molecule has 0 fully saturated rings. The number of nitrogens with zero attached hydrogens (tertiary/aromatic N) is 2. The van der Waals surface area contributed by atoms with Gasteiger partial charge in [-0.25, -0.2) is 0 Å². The summed E-state index contributed by atoms with van der Waals surface area (Å²) in [5, 5.41) is 10.8. The molecule has 0 bridgehead atoms. The lowest BCUT2D eigenvalue weighted by molar-refractivity contribution is 0.310. The first-order valence-corrected chi connectivity index (χ1v) is 9.37. The van der Waals surface area contributed by atoms with E-state index in [1.807, 2.05) is 25.1 Å². The summed E-state index contributed by atoms with van der Waals surface area (Å²) < 4.78 is 16.4. The van der Waals surface area contributed by atoms with Crippen LogP contribution in [0.3, 0.4) is 0 Å². The Morgan fingerprint density at radius 3 is 2.46 bits per heavy atom. The highest BCUT2D eigenvalue weighted by atomic mass is 127. The van der Waals surface area contributed by atoms with E-state index < -0.39 is 0 Å². The molecule has 28 heavy (non-hydrogen) atoms. The van der Waals surface area contributed by atoms with Crippen molar-refractivity contribution < 1.29 is 14.0 Å². The SMILES string of the molecule is CCOc1ccc(CNC(=NC)NCc2c(CC)noc2CC)cc1OC.I. The first-order valence-electron chi connectivity index (χ1n) is 9.37. The summed E-state index contributed by atoms with van der Waals surface area (Å²) in [5.41, 5.74) is 3.18. The average molecular weight is 502 g/mol. The van der Waals surface area contributed by atoms with Crippen molar-refractivity contribution >= 4 is 29.9 Å². The second-order valence-corrected chi connectivity index (χ2v) is 5.94. The van der Waals surface area contributed by atoms with Gasteiger partial charge in [0, 0.05) is 32.1 Å². The van der Waals surface area contributed by atoms with E-state index in [1.54, 1.807) is 14.2 Å². The number of nitrogens with one attached hydrogen (secondary N) is 2. The molecule has 0 aliphatic heterocycles. The molecule has 2 aromatic rings. The lowest BCUT2D eigenvalue weighted by atomic mass is 10.1. The van der Waals surface area contributed by atoms with E-state index >= 15 is 0 Å². The van der Waals surface area contributed by atoms with Gasteiger partial charge < -0.3 is 24.6 Å². The molecule has 2 rings (SSSR count). The molecule has 0 unspecified atom stereocenters. The number of aliphatic imine (C=N–C) groups is 1. The van der Waals surface area contributed by atoms with Crippen LogP contribution in [0.1, 0.15) is 43.4 Å². The number of halogens is 1. The molecule has 8 heteroatoms. The standard InChI is InChI=1S/C20H30N4O3.HI/c1-6-16-15(17(7-2)27-24-16)13-23-20(21-4)22-12-14-9-10-18(26-8-3)19(11-14)25-5;/h9-11H,6-8,12-13H2,1-5H3,(H2,21,22,23);1H. The van der Waals surface area contributed by atoms with Crippen molar-refractivity contribution in [3.63, 3.8) is 0 Å². The Labute approximate surface area is 184 Å². The fourth-order valence-corrected chi connectivity index (χ4v) is 2.81.